The number of hydrogen-bond acceptors (Lipinski definition) is 4. The number of para-hydroxylation sites is 1. The van der Waals surface area contributed by atoms with Gasteiger partial charge in [0.25, 0.3) is 0 Å². The van der Waals surface area contributed by atoms with E-state index in [0.29, 0.717) is 13.0 Å². The SMILES string of the molecule is CCO[C@@H]1C=C2c3ccccc3O[C@@H]2C[C@H]1C(=O)OC(C)(C)C. The third-order valence-corrected chi connectivity index (χ3v) is 4.09. The Bertz CT molecular complexity index is 627. The number of hydrogen-bond donors (Lipinski definition) is 0. The Labute approximate surface area is 137 Å². The highest BCUT2D eigenvalue weighted by Gasteiger charge is 2.42. The molecular weight excluding hydrogens is 292 g/mol. The lowest BCUT2D eigenvalue weighted by Gasteiger charge is -2.32. The van der Waals surface area contributed by atoms with Gasteiger partial charge in [0.2, 0.25) is 0 Å². The van der Waals surface area contributed by atoms with E-state index in [1.807, 2.05) is 52.0 Å². The average molecular weight is 316 g/mol. The summed E-state index contributed by atoms with van der Waals surface area (Å²) in [4.78, 5) is 12.6. The first-order chi connectivity index (χ1) is 10.9. The zero-order valence-corrected chi connectivity index (χ0v) is 14.2. The monoisotopic (exact) mass is 316 g/mol. The van der Waals surface area contributed by atoms with Gasteiger partial charge in [-0.3, -0.25) is 4.79 Å². The van der Waals surface area contributed by atoms with Crippen LogP contribution in [0.5, 0.6) is 5.75 Å². The number of rotatable bonds is 3. The Morgan fingerprint density at radius 3 is 2.74 bits per heavy atom. The Kier molecular flexibility index (Phi) is 4.19. The lowest BCUT2D eigenvalue weighted by molar-refractivity contribution is -0.165. The van der Waals surface area contributed by atoms with Gasteiger partial charge < -0.3 is 14.2 Å². The van der Waals surface area contributed by atoms with Crippen LogP contribution in [0, 0.1) is 5.92 Å². The molecule has 0 amide bonds. The van der Waals surface area contributed by atoms with Crippen LogP contribution in [0.2, 0.25) is 0 Å². The molecule has 1 aliphatic heterocycles. The van der Waals surface area contributed by atoms with Crippen LogP contribution in [0.4, 0.5) is 0 Å². The average Bonchev–Trinajstić information content (AvgIpc) is 2.83. The summed E-state index contributed by atoms with van der Waals surface area (Å²) < 4.78 is 17.4. The van der Waals surface area contributed by atoms with E-state index in [-0.39, 0.29) is 24.1 Å². The summed E-state index contributed by atoms with van der Waals surface area (Å²) in [5.74, 6) is 0.326. The molecule has 0 fully saturated rings. The second-order valence-electron chi connectivity index (χ2n) is 7.02. The highest BCUT2D eigenvalue weighted by molar-refractivity contribution is 5.82. The molecule has 0 radical (unpaired) electrons. The van der Waals surface area contributed by atoms with Gasteiger partial charge in [-0.05, 0) is 39.8 Å². The minimum atomic E-state index is -0.503. The van der Waals surface area contributed by atoms with Crippen LogP contribution in [-0.2, 0) is 14.3 Å². The topological polar surface area (TPSA) is 44.8 Å². The highest BCUT2D eigenvalue weighted by Crippen LogP contribution is 2.44. The number of fused-ring (bicyclic) bond motifs is 3. The van der Waals surface area contributed by atoms with Gasteiger partial charge in [0.15, 0.2) is 0 Å². The Hall–Kier alpha value is -1.81. The first-order valence-corrected chi connectivity index (χ1v) is 8.21. The zero-order valence-electron chi connectivity index (χ0n) is 14.2. The second-order valence-corrected chi connectivity index (χ2v) is 7.02. The minimum absolute atomic E-state index is 0.0957. The van der Waals surface area contributed by atoms with Crippen molar-refractivity contribution in [3.05, 3.63) is 35.9 Å². The number of ether oxygens (including phenoxy) is 3. The van der Waals surface area contributed by atoms with E-state index in [1.165, 1.54) is 0 Å². The summed E-state index contributed by atoms with van der Waals surface area (Å²) in [5.41, 5.74) is 1.72. The predicted molar refractivity (Wildman–Crippen MR) is 88.2 cm³/mol. The van der Waals surface area contributed by atoms with Crippen LogP contribution in [0.1, 0.15) is 39.7 Å². The van der Waals surface area contributed by atoms with Gasteiger partial charge in [-0.15, -0.1) is 0 Å². The Balaban J connectivity index is 1.88. The Morgan fingerprint density at radius 1 is 1.30 bits per heavy atom. The van der Waals surface area contributed by atoms with E-state index in [1.54, 1.807) is 0 Å². The molecule has 3 atom stereocenters. The summed E-state index contributed by atoms with van der Waals surface area (Å²) in [5, 5.41) is 0. The van der Waals surface area contributed by atoms with Crippen molar-refractivity contribution in [3.63, 3.8) is 0 Å². The van der Waals surface area contributed by atoms with Crippen molar-refractivity contribution in [1.29, 1.82) is 0 Å². The summed E-state index contributed by atoms with van der Waals surface area (Å²) in [7, 11) is 0. The molecule has 0 saturated heterocycles. The lowest BCUT2D eigenvalue weighted by atomic mass is 9.83. The predicted octanol–water partition coefficient (Wildman–Crippen LogP) is 3.60. The van der Waals surface area contributed by atoms with Crippen molar-refractivity contribution >= 4 is 11.5 Å². The molecule has 3 rings (SSSR count). The maximum absolute atomic E-state index is 12.6. The molecule has 0 unspecified atom stereocenters. The van der Waals surface area contributed by atoms with E-state index >= 15 is 0 Å². The zero-order chi connectivity index (χ0) is 16.6. The number of esters is 1. The normalized spacial score (nSPS) is 25.9. The minimum Gasteiger partial charge on any atom is -0.485 e. The van der Waals surface area contributed by atoms with Crippen molar-refractivity contribution in [1.82, 2.24) is 0 Å². The third-order valence-electron chi connectivity index (χ3n) is 4.09. The fraction of sp³-hybridized carbons (Fsp3) is 0.526. The third kappa shape index (κ3) is 3.27. The first-order valence-electron chi connectivity index (χ1n) is 8.21. The molecule has 0 aromatic heterocycles. The van der Waals surface area contributed by atoms with Crippen molar-refractivity contribution in [3.8, 4) is 5.75 Å². The van der Waals surface area contributed by atoms with Crippen LogP contribution in [0.3, 0.4) is 0 Å². The molecule has 1 heterocycles. The van der Waals surface area contributed by atoms with E-state index < -0.39 is 5.60 Å². The largest absolute Gasteiger partial charge is 0.485 e. The smallest absolute Gasteiger partial charge is 0.312 e. The molecule has 124 valence electrons. The lowest BCUT2D eigenvalue weighted by Crippen LogP contribution is -2.40. The van der Waals surface area contributed by atoms with Gasteiger partial charge in [-0.2, -0.15) is 0 Å². The highest BCUT2D eigenvalue weighted by atomic mass is 16.6. The maximum atomic E-state index is 12.6. The molecule has 0 N–H and O–H groups in total. The van der Waals surface area contributed by atoms with E-state index in [9.17, 15) is 4.79 Å². The molecule has 4 nitrogen and oxygen atoms in total. The number of benzene rings is 1. The Morgan fingerprint density at radius 2 is 2.04 bits per heavy atom. The number of carbonyl (C=O) groups excluding carboxylic acids is 1. The van der Waals surface area contributed by atoms with Gasteiger partial charge in [0.05, 0.1) is 12.0 Å². The molecule has 0 saturated carbocycles. The van der Waals surface area contributed by atoms with Gasteiger partial charge in [0.1, 0.15) is 17.5 Å². The van der Waals surface area contributed by atoms with Crippen LogP contribution < -0.4 is 4.74 Å². The summed E-state index contributed by atoms with van der Waals surface area (Å²) in [6.45, 7) is 8.14. The van der Waals surface area contributed by atoms with Gasteiger partial charge in [0, 0.05) is 24.2 Å². The number of carbonyl (C=O) groups is 1. The maximum Gasteiger partial charge on any atom is 0.312 e. The van der Waals surface area contributed by atoms with Crippen molar-refractivity contribution in [2.24, 2.45) is 5.92 Å². The molecule has 0 spiro atoms. The fourth-order valence-corrected chi connectivity index (χ4v) is 3.19. The quantitative estimate of drug-likeness (QED) is 0.799. The van der Waals surface area contributed by atoms with E-state index in [2.05, 4.69) is 6.07 Å². The fourth-order valence-electron chi connectivity index (χ4n) is 3.19. The molecule has 23 heavy (non-hydrogen) atoms. The van der Waals surface area contributed by atoms with Crippen LogP contribution in [0.15, 0.2) is 30.3 Å². The van der Waals surface area contributed by atoms with Crippen LogP contribution in [0.25, 0.3) is 5.57 Å². The molecule has 1 aliphatic carbocycles. The summed E-state index contributed by atoms with van der Waals surface area (Å²) >= 11 is 0. The molecule has 4 heteroatoms. The van der Waals surface area contributed by atoms with Crippen molar-refractivity contribution in [2.45, 2.75) is 51.9 Å². The standard InChI is InChI=1S/C19H24O4/c1-5-21-16-10-13-12-8-6-7-9-15(12)22-17(13)11-14(16)18(20)23-19(2,3)4/h6-10,14,16-17H,5,11H2,1-4H3/t14-,16-,17-/m1/s1. The molecule has 1 aromatic carbocycles. The summed E-state index contributed by atoms with van der Waals surface area (Å²) in [6, 6.07) is 7.98. The van der Waals surface area contributed by atoms with E-state index in [0.717, 1.165) is 16.9 Å². The van der Waals surface area contributed by atoms with Crippen molar-refractivity contribution < 1.29 is 19.0 Å². The van der Waals surface area contributed by atoms with Crippen LogP contribution in [-0.4, -0.2) is 30.4 Å². The molecule has 1 aromatic rings. The van der Waals surface area contributed by atoms with Gasteiger partial charge in [-0.25, -0.2) is 0 Å². The van der Waals surface area contributed by atoms with Crippen LogP contribution >= 0.6 is 0 Å². The van der Waals surface area contributed by atoms with Gasteiger partial charge >= 0.3 is 5.97 Å². The molecule has 2 aliphatic rings. The van der Waals surface area contributed by atoms with Gasteiger partial charge in [-0.1, -0.05) is 18.2 Å². The van der Waals surface area contributed by atoms with Crippen molar-refractivity contribution in [2.75, 3.05) is 6.61 Å². The second kappa shape index (κ2) is 6.00. The summed E-state index contributed by atoms with van der Waals surface area (Å²) in [6.07, 6.45) is 2.26. The van der Waals surface area contributed by atoms with E-state index in [4.69, 9.17) is 14.2 Å². The first kappa shape index (κ1) is 16.1. The molecular formula is C19H24O4. The molecule has 0 bridgehead atoms.